The first-order valence-electron chi connectivity index (χ1n) is 10.5. The predicted molar refractivity (Wildman–Crippen MR) is 112 cm³/mol. The monoisotopic (exact) mass is 388 g/mol. The maximum atomic E-state index is 11.9. The van der Waals surface area contributed by atoms with Crippen LogP contribution >= 0.6 is 12.2 Å². The van der Waals surface area contributed by atoms with E-state index in [-0.39, 0.29) is 11.5 Å². The lowest BCUT2D eigenvalue weighted by Gasteiger charge is -2.61. The number of nitrogens with zero attached hydrogens (tertiary/aromatic N) is 1. The Morgan fingerprint density at radius 2 is 1.81 bits per heavy atom. The van der Waals surface area contributed by atoms with Crippen molar-refractivity contribution in [3.63, 3.8) is 0 Å². The van der Waals surface area contributed by atoms with Crippen LogP contribution in [0.25, 0.3) is 0 Å². The molecule has 0 amide bonds. The SMILES string of the molecule is COc1ccc(CCN2C(=S)NC3(CCCCC3)[C@H]3CCCC[C@@]32O)cc1. The van der Waals surface area contributed by atoms with E-state index >= 15 is 0 Å². The standard InChI is InChI=1S/C22H32N2O2S/c1-26-18-10-8-17(9-11-18)12-16-24-20(27)23-21(13-4-2-5-14-21)19-7-3-6-15-22(19,24)25/h8-11,19,25H,2-7,12-16H2,1H3,(H,23,27)/t19-,22-/m1/s1. The molecule has 1 spiro atoms. The third kappa shape index (κ3) is 3.44. The fourth-order valence-corrected chi connectivity index (χ4v) is 6.16. The summed E-state index contributed by atoms with van der Waals surface area (Å²) < 4.78 is 5.25. The average Bonchev–Trinajstić information content (AvgIpc) is 2.68. The van der Waals surface area contributed by atoms with Gasteiger partial charge in [-0.15, -0.1) is 0 Å². The van der Waals surface area contributed by atoms with Gasteiger partial charge in [0.1, 0.15) is 11.5 Å². The van der Waals surface area contributed by atoms with Crippen molar-refractivity contribution in [1.82, 2.24) is 10.2 Å². The molecule has 1 heterocycles. The van der Waals surface area contributed by atoms with Crippen LogP contribution in [0.4, 0.5) is 0 Å². The number of fused-ring (bicyclic) bond motifs is 2. The second-order valence-corrected chi connectivity index (χ2v) is 8.96. The number of thiocarbonyl (C=S) groups is 1. The summed E-state index contributed by atoms with van der Waals surface area (Å²) in [7, 11) is 1.69. The molecule has 2 atom stereocenters. The van der Waals surface area contributed by atoms with Crippen LogP contribution < -0.4 is 10.1 Å². The number of methoxy groups -OCH3 is 1. The zero-order valence-electron chi connectivity index (χ0n) is 16.4. The van der Waals surface area contributed by atoms with Crippen molar-refractivity contribution < 1.29 is 9.84 Å². The van der Waals surface area contributed by atoms with E-state index in [1.54, 1.807) is 7.11 Å². The Kier molecular flexibility index (Phi) is 5.34. The Labute approximate surface area is 168 Å². The number of nitrogens with one attached hydrogen (secondary N) is 1. The minimum atomic E-state index is -0.787. The van der Waals surface area contributed by atoms with Crippen LogP contribution in [0.5, 0.6) is 5.75 Å². The maximum Gasteiger partial charge on any atom is 0.171 e. The van der Waals surface area contributed by atoms with Gasteiger partial charge in [0.05, 0.1) is 7.11 Å². The van der Waals surface area contributed by atoms with Crippen LogP contribution in [0.15, 0.2) is 24.3 Å². The highest BCUT2D eigenvalue weighted by atomic mass is 32.1. The Balaban J connectivity index is 1.54. The van der Waals surface area contributed by atoms with Crippen molar-refractivity contribution in [3.05, 3.63) is 29.8 Å². The van der Waals surface area contributed by atoms with E-state index in [4.69, 9.17) is 17.0 Å². The summed E-state index contributed by atoms with van der Waals surface area (Å²) in [6.07, 6.45) is 11.2. The molecule has 1 aromatic rings. The lowest BCUT2D eigenvalue weighted by atomic mass is 9.62. The van der Waals surface area contributed by atoms with Gasteiger partial charge in [0.2, 0.25) is 0 Å². The van der Waals surface area contributed by atoms with Gasteiger partial charge < -0.3 is 20.1 Å². The lowest BCUT2D eigenvalue weighted by Crippen LogP contribution is -2.75. The molecule has 3 fully saturated rings. The number of hydrogen-bond donors (Lipinski definition) is 2. The zero-order chi connectivity index (χ0) is 18.9. The fourth-order valence-electron chi connectivity index (χ4n) is 5.71. The number of aliphatic hydroxyl groups is 1. The highest BCUT2D eigenvalue weighted by Crippen LogP contribution is 2.50. The minimum Gasteiger partial charge on any atom is -0.497 e. The molecule has 1 saturated heterocycles. The summed E-state index contributed by atoms with van der Waals surface area (Å²) >= 11 is 5.81. The van der Waals surface area contributed by atoms with Gasteiger partial charge in [-0.2, -0.15) is 0 Å². The maximum absolute atomic E-state index is 11.9. The molecule has 0 unspecified atom stereocenters. The third-order valence-corrected chi connectivity index (χ3v) is 7.43. The van der Waals surface area contributed by atoms with E-state index in [9.17, 15) is 5.11 Å². The average molecular weight is 389 g/mol. The zero-order valence-corrected chi connectivity index (χ0v) is 17.2. The molecule has 148 valence electrons. The number of ether oxygens (including phenoxy) is 1. The second kappa shape index (κ2) is 7.59. The largest absolute Gasteiger partial charge is 0.497 e. The van der Waals surface area contributed by atoms with Crippen molar-refractivity contribution in [2.45, 2.75) is 75.5 Å². The number of hydrogen-bond acceptors (Lipinski definition) is 3. The molecular weight excluding hydrogens is 356 g/mol. The quantitative estimate of drug-likeness (QED) is 0.763. The first-order valence-corrected chi connectivity index (χ1v) is 10.9. The van der Waals surface area contributed by atoms with Gasteiger partial charge in [0.25, 0.3) is 0 Å². The van der Waals surface area contributed by atoms with Crippen LogP contribution in [-0.4, -0.2) is 40.0 Å². The van der Waals surface area contributed by atoms with Crippen LogP contribution in [0.3, 0.4) is 0 Å². The molecule has 0 aromatic heterocycles. The Morgan fingerprint density at radius 3 is 2.52 bits per heavy atom. The number of rotatable bonds is 4. The second-order valence-electron chi connectivity index (χ2n) is 8.57. The first-order chi connectivity index (χ1) is 13.1. The van der Waals surface area contributed by atoms with Crippen LogP contribution in [0.2, 0.25) is 0 Å². The summed E-state index contributed by atoms with van der Waals surface area (Å²) in [4.78, 5) is 2.11. The van der Waals surface area contributed by atoms with Gasteiger partial charge in [0, 0.05) is 18.0 Å². The van der Waals surface area contributed by atoms with Crippen LogP contribution in [0, 0.1) is 5.92 Å². The highest BCUT2D eigenvalue weighted by molar-refractivity contribution is 7.80. The molecule has 3 aliphatic rings. The molecule has 27 heavy (non-hydrogen) atoms. The molecule has 5 heteroatoms. The molecule has 1 aliphatic heterocycles. The van der Waals surface area contributed by atoms with Crippen molar-refractivity contribution >= 4 is 17.3 Å². The molecule has 0 bridgehead atoms. The van der Waals surface area contributed by atoms with Crippen molar-refractivity contribution in [1.29, 1.82) is 0 Å². The predicted octanol–water partition coefficient (Wildman–Crippen LogP) is 4.01. The molecule has 0 radical (unpaired) electrons. The van der Waals surface area contributed by atoms with Crippen LogP contribution in [0.1, 0.15) is 63.4 Å². The summed E-state index contributed by atoms with van der Waals surface area (Å²) in [6.45, 7) is 0.751. The van der Waals surface area contributed by atoms with Gasteiger partial charge in [-0.1, -0.05) is 37.8 Å². The third-order valence-electron chi connectivity index (χ3n) is 7.11. The van der Waals surface area contributed by atoms with Crippen molar-refractivity contribution in [2.75, 3.05) is 13.7 Å². The lowest BCUT2D eigenvalue weighted by molar-refractivity contribution is -0.181. The molecular formula is C22H32N2O2S. The van der Waals surface area contributed by atoms with Crippen LogP contribution in [-0.2, 0) is 6.42 Å². The van der Waals surface area contributed by atoms with Gasteiger partial charge in [0.15, 0.2) is 5.11 Å². The molecule has 2 aliphatic carbocycles. The fraction of sp³-hybridized carbons (Fsp3) is 0.682. The van der Waals surface area contributed by atoms with Gasteiger partial charge in [-0.25, -0.2) is 0 Å². The number of benzene rings is 1. The van der Waals surface area contributed by atoms with Crippen molar-refractivity contribution in [3.8, 4) is 5.75 Å². The van der Waals surface area contributed by atoms with E-state index in [1.807, 2.05) is 12.1 Å². The smallest absolute Gasteiger partial charge is 0.171 e. The van der Waals surface area contributed by atoms with Gasteiger partial charge in [-0.05, 0) is 68.4 Å². The van der Waals surface area contributed by atoms with E-state index in [2.05, 4.69) is 22.3 Å². The summed E-state index contributed by atoms with van der Waals surface area (Å²) in [5.74, 6) is 1.15. The summed E-state index contributed by atoms with van der Waals surface area (Å²) in [5, 5.41) is 16.4. The highest BCUT2D eigenvalue weighted by Gasteiger charge is 2.58. The van der Waals surface area contributed by atoms with E-state index in [1.165, 1.54) is 31.2 Å². The Hall–Kier alpha value is -1.33. The summed E-state index contributed by atoms with van der Waals surface area (Å²) in [5.41, 5.74) is 0.471. The molecule has 2 saturated carbocycles. The molecule has 4 rings (SSSR count). The van der Waals surface area contributed by atoms with Crippen molar-refractivity contribution in [2.24, 2.45) is 5.92 Å². The molecule has 2 N–H and O–H groups in total. The summed E-state index contributed by atoms with van der Waals surface area (Å²) in [6, 6.07) is 8.20. The Bertz CT molecular complexity index is 671. The normalized spacial score (nSPS) is 29.9. The van der Waals surface area contributed by atoms with Gasteiger partial charge in [-0.3, -0.25) is 0 Å². The van der Waals surface area contributed by atoms with E-state index in [0.717, 1.165) is 55.9 Å². The molecule has 4 nitrogen and oxygen atoms in total. The van der Waals surface area contributed by atoms with E-state index in [0.29, 0.717) is 0 Å². The Morgan fingerprint density at radius 1 is 1.11 bits per heavy atom. The first kappa shape index (κ1) is 19.0. The molecule has 1 aromatic carbocycles. The minimum absolute atomic E-state index is 0.0150. The topological polar surface area (TPSA) is 44.7 Å². The van der Waals surface area contributed by atoms with Gasteiger partial charge >= 0.3 is 0 Å². The van der Waals surface area contributed by atoms with E-state index < -0.39 is 5.72 Å².